The second-order valence-electron chi connectivity index (χ2n) is 6.99. The fourth-order valence-electron chi connectivity index (χ4n) is 3.86. The van der Waals surface area contributed by atoms with E-state index in [2.05, 4.69) is 4.99 Å². The van der Waals surface area contributed by atoms with Gasteiger partial charge in [0.1, 0.15) is 5.82 Å². The second-order valence-corrected chi connectivity index (χ2v) is 8.41. The van der Waals surface area contributed by atoms with E-state index in [9.17, 15) is 23.2 Å². The molecule has 1 aromatic rings. The maximum atomic E-state index is 14.6. The Labute approximate surface area is 168 Å². The highest BCUT2D eigenvalue weighted by Gasteiger charge is 2.49. The van der Waals surface area contributed by atoms with Crippen molar-refractivity contribution in [3.05, 3.63) is 23.0 Å². The van der Waals surface area contributed by atoms with E-state index in [-0.39, 0.29) is 21.6 Å². The highest BCUT2D eigenvalue weighted by molar-refractivity contribution is 8.15. The summed E-state index contributed by atoms with van der Waals surface area (Å²) in [7, 11) is 1.37. The van der Waals surface area contributed by atoms with Gasteiger partial charge in [-0.2, -0.15) is 0 Å². The molecule has 0 bridgehead atoms. The first-order chi connectivity index (χ1) is 13.3. The van der Waals surface area contributed by atoms with Gasteiger partial charge in [0, 0.05) is 7.05 Å². The Morgan fingerprint density at radius 3 is 2.25 bits per heavy atom. The van der Waals surface area contributed by atoms with E-state index in [4.69, 9.17) is 11.6 Å². The molecule has 4 rings (SSSR count). The Morgan fingerprint density at radius 1 is 1.11 bits per heavy atom. The number of aliphatic imine (C=N–C) groups is 1. The van der Waals surface area contributed by atoms with Crippen LogP contribution in [0.5, 0.6) is 0 Å². The molecule has 10 heteroatoms. The molecule has 1 saturated carbocycles. The van der Waals surface area contributed by atoms with Gasteiger partial charge < -0.3 is 0 Å². The van der Waals surface area contributed by atoms with Crippen molar-refractivity contribution in [1.29, 1.82) is 0 Å². The van der Waals surface area contributed by atoms with Gasteiger partial charge in [-0.15, -0.1) is 0 Å². The minimum absolute atomic E-state index is 0.0461. The predicted octanol–water partition coefficient (Wildman–Crippen LogP) is 3.65. The van der Waals surface area contributed by atoms with Crippen LogP contribution in [-0.2, 0) is 14.4 Å². The third-order valence-corrected chi connectivity index (χ3v) is 6.62. The molecule has 1 aromatic carbocycles. The number of carbonyl (C=O) groups excluding carboxylic acids is 3. The van der Waals surface area contributed by atoms with E-state index in [1.54, 1.807) is 0 Å². The molecule has 0 aromatic heterocycles. The Bertz CT molecular complexity index is 902. The van der Waals surface area contributed by atoms with Crippen LogP contribution in [0.3, 0.4) is 0 Å². The first-order valence-corrected chi connectivity index (χ1v) is 10.1. The highest BCUT2D eigenvalue weighted by atomic mass is 35.5. The Hall–Kier alpha value is -2.00. The van der Waals surface area contributed by atoms with Crippen LogP contribution >= 0.6 is 23.4 Å². The summed E-state index contributed by atoms with van der Waals surface area (Å²) in [5.74, 6) is -3.25. The smallest absolute Gasteiger partial charge is 0.273 e. The molecular weight excluding hydrogens is 412 g/mol. The molecule has 28 heavy (non-hydrogen) atoms. The fourth-order valence-corrected chi connectivity index (χ4v) is 4.89. The van der Waals surface area contributed by atoms with Gasteiger partial charge in [0.05, 0.1) is 28.2 Å². The highest BCUT2D eigenvalue weighted by Crippen LogP contribution is 2.43. The number of amidine groups is 1. The summed E-state index contributed by atoms with van der Waals surface area (Å²) in [6.45, 7) is 0. The number of nitrogens with zero attached hydrogens (tertiary/aromatic N) is 3. The summed E-state index contributed by atoms with van der Waals surface area (Å²) in [4.78, 5) is 43.2. The van der Waals surface area contributed by atoms with E-state index < -0.39 is 40.9 Å². The van der Waals surface area contributed by atoms with Crippen molar-refractivity contribution in [2.24, 2.45) is 16.8 Å². The van der Waals surface area contributed by atoms with Crippen molar-refractivity contribution in [3.8, 4) is 0 Å². The zero-order valence-corrected chi connectivity index (χ0v) is 16.4. The third-order valence-electron chi connectivity index (χ3n) is 5.33. The van der Waals surface area contributed by atoms with Gasteiger partial charge >= 0.3 is 0 Å². The molecule has 3 fully saturated rings. The van der Waals surface area contributed by atoms with Gasteiger partial charge in [-0.3, -0.25) is 19.3 Å². The average Bonchev–Trinajstić information content (AvgIpc) is 3.06. The van der Waals surface area contributed by atoms with Crippen molar-refractivity contribution in [1.82, 2.24) is 4.90 Å². The lowest BCUT2D eigenvalue weighted by Gasteiger charge is -2.19. The van der Waals surface area contributed by atoms with Crippen molar-refractivity contribution < 1.29 is 23.2 Å². The number of halogens is 3. The van der Waals surface area contributed by atoms with E-state index in [1.165, 1.54) is 13.1 Å². The summed E-state index contributed by atoms with van der Waals surface area (Å²) in [5.41, 5.74) is -1.95. The van der Waals surface area contributed by atoms with Crippen molar-refractivity contribution >= 4 is 57.6 Å². The summed E-state index contributed by atoms with van der Waals surface area (Å²) < 4.78 is 28.2. The van der Waals surface area contributed by atoms with E-state index in [1.807, 2.05) is 0 Å². The van der Waals surface area contributed by atoms with Crippen LogP contribution in [0.2, 0.25) is 5.02 Å². The number of fused-ring (bicyclic) bond motifs is 1. The molecule has 0 spiro atoms. The zero-order chi connectivity index (χ0) is 20.2. The van der Waals surface area contributed by atoms with Crippen molar-refractivity contribution in [3.63, 3.8) is 0 Å². The fraction of sp³-hybridized carbons (Fsp3) is 0.444. The van der Waals surface area contributed by atoms with Gasteiger partial charge in [-0.25, -0.2) is 18.7 Å². The maximum Gasteiger partial charge on any atom is 0.273 e. The molecule has 3 amide bonds. The summed E-state index contributed by atoms with van der Waals surface area (Å²) >= 11 is 6.66. The minimum Gasteiger partial charge on any atom is -0.291 e. The maximum absolute atomic E-state index is 14.6. The van der Waals surface area contributed by atoms with Crippen molar-refractivity contribution in [2.75, 3.05) is 11.9 Å². The number of benzene rings is 1. The lowest BCUT2D eigenvalue weighted by Crippen LogP contribution is -2.31. The Balaban J connectivity index is 1.73. The number of carbonyl (C=O) groups is 3. The van der Waals surface area contributed by atoms with Gasteiger partial charge in [-0.05, 0) is 36.7 Å². The SMILES string of the molecule is CN1C(=O)C(F)SC1=Nc1cc(N2C(=O)C3CCCCC3C2=O)c(F)cc1Cl. The van der Waals surface area contributed by atoms with Crippen LogP contribution in [-0.4, -0.2) is 40.3 Å². The number of anilines is 1. The number of rotatable bonds is 2. The van der Waals surface area contributed by atoms with Crippen LogP contribution < -0.4 is 4.90 Å². The van der Waals surface area contributed by atoms with Crippen LogP contribution in [0, 0.1) is 17.7 Å². The van der Waals surface area contributed by atoms with Gasteiger partial charge in [0.2, 0.25) is 17.3 Å². The van der Waals surface area contributed by atoms with Gasteiger partial charge in [-0.1, -0.05) is 24.4 Å². The topological polar surface area (TPSA) is 70.1 Å². The first kappa shape index (κ1) is 19.3. The summed E-state index contributed by atoms with van der Waals surface area (Å²) in [6, 6.07) is 2.16. The Kier molecular flexibility index (Phi) is 4.91. The van der Waals surface area contributed by atoms with Crippen LogP contribution in [0.15, 0.2) is 17.1 Å². The predicted molar refractivity (Wildman–Crippen MR) is 102 cm³/mol. The molecule has 3 unspecified atom stereocenters. The number of hydrogen-bond acceptors (Lipinski definition) is 5. The molecule has 3 atom stereocenters. The molecule has 2 heterocycles. The lowest BCUT2D eigenvalue weighted by molar-refractivity contribution is -0.127. The molecule has 0 N–H and O–H groups in total. The third kappa shape index (κ3) is 3.00. The molecule has 6 nitrogen and oxygen atoms in total. The van der Waals surface area contributed by atoms with Crippen LogP contribution in [0.4, 0.5) is 20.2 Å². The van der Waals surface area contributed by atoms with Crippen molar-refractivity contribution in [2.45, 2.75) is 31.2 Å². The average molecular weight is 428 g/mol. The lowest BCUT2D eigenvalue weighted by atomic mass is 9.81. The van der Waals surface area contributed by atoms with Crippen LogP contribution in [0.25, 0.3) is 0 Å². The molecule has 2 saturated heterocycles. The van der Waals surface area contributed by atoms with Gasteiger partial charge in [0.15, 0.2) is 5.17 Å². The summed E-state index contributed by atoms with van der Waals surface area (Å²) in [6.07, 6.45) is 2.94. The number of amides is 3. The molecule has 2 aliphatic heterocycles. The summed E-state index contributed by atoms with van der Waals surface area (Å²) in [5, 5.41) is -0.0151. The normalized spacial score (nSPS) is 29.2. The monoisotopic (exact) mass is 427 g/mol. The molecule has 3 aliphatic rings. The van der Waals surface area contributed by atoms with Gasteiger partial charge in [0.25, 0.3) is 5.91 Å². The Morgan fingerprint density at radius 2 is 1.71 bits per heavy atom. The van der Waals surface area contributed by atoms with E-state index >= 15 is 0 Å². The quantitative estimate of drug-likeness (QED) is 0.675. The zero-order valence-electron chi connectivity index (χ0n) is 14.8. The van der Waals surface area contributed by atoms with Crippen LogP contribution in [0.1, 0.15) is 25.7 Å². The first-order valence-electron chi connectivity index (χ1n) is 8.83. The standard InChI is InChI=1S/C18H16ClF2N3O3S/c1-23-17(27)14(21)28-18(23)22-12-7-13(11(20)6-10(12)19)24-15(25)8-4-2-3-5-9(8)16(24)26/h6-9,14H,2-5H2,1H3. The second kappa shape index (κ2) is 7.11. The molecular formula is C18H16ClF2N3O3S. The number of thioether (sulfide) groups is 1. The number of alkyl halides is 1. The molecule has 0 radical (unpaired) electrons. The van der Waals surface area contributed by atoms with E-state index in [0.717, 1.165) is 28.7 Å². The number of imide groups is 1. The minimum atomic E-state index is -1.77. The largest absolute Gasteiger partial charge is 0.291 e. The molecule has 1 aliphatic carbocycles. The molecule has 148 valence electrons. The van der Waals surface area contributed by atoms with E-state index in [0.29, 0.717) is 24.6 Å². The number of hydrogen-bond donors (Lipinski definition) is 0.